The van der Waals surface area contributed by atoms with E-state index in [9.17, 15) is 4.79 Å². The quantitative estimate of drug-likeness (QED) is 0.931. The highest BCUT2D eigenvalue weighted by molar-refractivity contribution is 5.79. The molecule has 0 bridgehead atoms. The first-order valence-electron chi connectivity index (χ1n) is 8.59. The van der Waals surface area contributed by atoms with Crippen molar-refractivity contribution in [2.45, 2.75) is 44.7 Å². The predicted molar refractivity (Wildman–Crippen MR) is 86.8 cm³/mol. The second-order valence-corrected chi connectivity index (χ2v) is 6.67. The Morgan fingerprint density at radius 3 is 3.00 bits per heavy atom. The van der Waals surface area contributed by atoms with E-state index in [1.54, 1.807) is 12.4 Å². The van der Waals surface area contributed by atoms with Gasteiger partial charge in [0.15, 0.2) is 5.65 Å². The van der Waals surface area contributed by atoms with Crippen molar-refractivity contribution in [3.63, 3.8) is 0 Å². The van der Waals surface area contributed by atoms with Crippen LogP contribution in [0.1, 0.15) is 37.8 Å². The number of hydrogen-bond acceptors (Lipinski definition) is 4. The Bertz CT molecular complexity index is 691. The van der Waals surface area contributed by atoms with E-state index in [-0.39, 0.29) is 5.92 Å². The van der Waals surface area contributed by atoms with Crippen molar-refractivity contribution in [3.8, 4) is 0 Å². The van der Waals surface area contributed by atoms with Crippen LogP contribution in [-0.4, -0.2) is 44.3 Å². The molecule has 6 heteroatoms. The summed E-state index contributed by atoms with van der Waals surface area (Å²) in [5, 5.41) is 3.60. The highest BCUT2D eigenvalue weighted by Gasteiger charge is 2.33. The molecule has 0 radical (unpaired) electrons. The lowest BCUT2D eigenvalue weighted by Gasteiger charge is -2.20. The maximum Gasteiger partial charge on any atom is 0.225 e. The zero-order valence-corrected chi connectivity index (χ0v) is 13.3. The molecule has 1 amide bonds. The van der Waals surface area contributed by atoms with Crippen molar-refractivity contribution in [1.29, 1.82) is 0 Å². The molecule has 1 aliphatic carbocycles. The van der Waals surface area contributed by atoms with Crippen LogP contribution in [0.5, 0.6) is 0 Å². The Hall–Kier alpha value is -1.95. The van der Waals surface area contributed by atoms with E-state index in [4.69, 9.17) is 0 Å². The molecule has 2 aliphatic rings. The van der Waals surface area contributed by atoms with Crippen molar-refractivity contribution in [2.75, 3.05) is 13.1 Å². The van der Waals surface area contributed by atoms with Crippen LogP contribution in [0.4, 0.5) is 0 Å². The van der Waals surface area contributed by atoms with Gasteiger partial charge in [0.25, 0.3) is 0 Å². The fourth-order valence-electron chi connectivity index (χ4n) is 3.86. The Morgan fingerprint density at radius 1 is 1.26 bits per heavy atom. The SMILES string of the molecule is O=C([C@@H]1CC[C@H](NCc2cnc3cnccn23)C1)N1CCCC1. The Balaban J connectivity index is 1.33. The van der Waals surface area contributed by atoms with E-state index in [0.717, 1.165) is 50.2 Å². The van der Waals surface area contributed by atoms with Gasteiger partial charge in [-0.3, -0.25) is 14.2 Å². The first kappa shape index (κ1) is 14.6. The molecule has 1 aliphatic heterocycles. The van der Waals surface area contributed by atoms with E-state index in [0.29, 0.717) is 11.9 Å². The van der Waals surface area contributed by atoms with Crippen LogP contribution >= 0.6 is 0 Å². The average molecular weight is 313 g/mol. The Labute approximate surface area is 135 Å². The fourth-order valence-corrected chi connectivity index (χ4v) is 3.86. The van der Waals surface area contributed by atoms with Crippen molar-refractivity contribution in [3.05, 3.63) is 30.5 Å². The molecule has 4 rings (SSSR count). The van der Waals surface area contributed by atoms with E-state index in [1.165, 1.54) is 12.8 Å². The molecule has 0 spiro atoms. The summed E-state index contributed by atoms with van der Waals surface area (Å²) in [7, 11) is 0. The number of rotatable bonds is 4. The molecular formula is C17H23N5O. The number of hydrogen-bond donors (Lipinski definition) is 1. The number of fused-ring (bicyclic) bond motifs is 1. The molecule has 122 valence electrons. The van der Waals surface area contributed by atoms with Crippen LogP contribution in [0.15, 0.2) is 24.8 Å². The van der Waals surface area contributed by atoms with E-state index in [2.05, 4.69) is 24.6 Å². The summed E-state index contributed by atoms with van der Waals surface area (Å²) in [5.41, 5.74) is 2.01. The van der Waals surface area contributed by atoms with Gasteiger partial charge < -0.3 is 10.2 Å². The number of amides is 1. The standard InChI is InChI=1S/C17H23N5O/c23-17(21-6-1-2-7-21)13-3-4-14(9-13)19-10-15-11-20-16-12-18-5-8-22(15)16/h5,8,11-14,19H,1-4,6-7,9-10H2/t13-,14+/m1/s1. The second kappa shape index (κ2) is 6.28. The predicted octanol–water partition coefficient (Wildman–Crippen LogP) is 1.61. The molecule has 0 aromatic carbocycles. The van der Waals surface area contributed by atoms with Crippen molar-refractivity contribution in [1.82, 2.24) is 24.6 Å². The molecule has 2 aromatic heterocycles. The zero-order chi connectivity index (χ0) is 15.6. The van der Waals surface area contributed by atoms with E-state index in [1.807, 2.05) is 12.4 Å². The molecule has 1 saturated heterocycles. The molecule has 1 saturated carbocycles. The number of nitrogens with one attached hydrogen (secondary N) is 1. The molecule has 23 heavy (non-hydrogen) atoms. The lowest BCUT2D eigenvalue weighted by molar-refractivity contribution is -0.134. The zero-order valence-electron chi connectivity index (χ0n) is 13.3. The molecule has 6 nitrogen and oxygen atoms in total. The summed E-state index contributed by atoms with van der Waals surface area (Å²) >= 11 is 0. The average Bonchev–Trinajstić information content (AvgIpc) is 3.32. The summed E-state index contributed by atoms with van der Waals surface area (Å²) in [6.45, 7) is 2.70. The third-order valence-corrected chi connectivity index (χ3v) is 5.17. The van der Waals surface area contributed by atoms with Crippen molar-refractivity contribution >= 4 is 11.6 Å². The number of likely N-dealkylation sites (tertiary alicyclic amines) is 1. The first-order chi connectivity index (χ1) is 11.3. The van der Waals surface area contributed by atoms with Gasteiger partial charge in [-0.2, -0.15) is 0 Å². The summed E-state index contributed by atoms with van der Waals surface area (Å²) in [4.78, 5) is 23.0. The molecule has 2 atom stereocenters. The summed E-state index contributed by atoms with van der Waals surface area (Å²) in [6, 6.07) is 0.430. The third-order valence-electron chi connectivity index (χ3n) is 5.17. The minimum Gasteiger partial charge on any atom is -0.342 e. The molecule has 2 aromatic rings. The maximum absolute atomic E-state index is 12.5. The van der Waals surface area contributed by atoms with E-state index < -0.39 is 0 Å². The highest BCUT2D eigenvalue weighted by atomic mass is 16.2. The summed E-state index contributed by atoms with van der Waals surface area (Å²) in [6.07, 6.45) is 12.8. The van der Waals surface area contributed by atoms with Crippen molar-refractivity contribution in [2.24, 2.45) is 5.92 Å². The lowest BCUT2D eigenvalue weighted by Crippen LogP contribution is -2.34. The smallest absolute Gasteiger partial charge is 0.225 e. The monoisotopic (exact) mass is 313 g/mol. The van der Waals surface area contributed by atoms with Crippen molar-refractivity contribution < 1.29 is 4.79 Å². The van der Waals surface area contributed by atoms with Crippen LogP contribution in [-0.2, 0) is 11.3 Å². The number of carbonyl (C=O) groups is 1. The highest BCUT2D eigenvalue weighted by Crippen LogP contribution is 2.28. The van der Waals surface area contributed by atoms with Crippen LogP contribution < -0.4 is 5.32 Å². The molecule has 3 heterocycles. The minimum atomic E-state index is 0.219. The van der Waals surface area contributed by atoms with Gasteiger partial charge in [0.05, 0.1) is 18.1 Å². The minimum absolute atomic E-state index is 0.219. The van der Waals surface area contributed by atoms with Gasteiger partial charge in [-0.05, 0) is 32.1 Å². The number of imidazole rings is 1. The lowest BCUT2D eigenvalue weighted by atomic mass is 10.1. The van der Waals surface area contributed by atoms with Gasteiger partial charge in [0.1, 0.15) is 0 Å². The first-order valence-corrected chi connectivity index (χ1v) is 8.59. The van der Waals surface area contributed by atoms with Crippen LogP contribution in [0.2, 0.25) is 0 Å². The van der Waals surface area contributed by atoms with Crippen LogP contribution in [0.3, 0.4) is 0 Å². The summed E-state index contributed by atoms with van der Waals surface area (Å²) < 4.78 is 2.06. The maximum atomic E-state index is 12.5. The topological polar surface area (TPSA) is 62.5 Å². The second-order valence-electron chi connectivity index (χ2n) is 6.67. The Kier molecular flexibility index (Phi) is 3.99. The van der Waals surface area contributed by atoms with Crippen LogP contribution in [0.25, 0.3) is 5.65 Å². The number of nitrogens with zero attached hydrogens (tertiary/aromatic N) is 4. The largest absolute Gasteiger partial charge is 0.342 e. The molecule has 1 N–H and O–H groups in total. The van der Waals surface area contributed by atoms with E-state index >= 15 is 0 Å². The van der Waals surface area contributed by atoms with Gasteiger partial charge in [0, 0.05) is 44.0 Å². The molecule has 2 fully saturated rings. The van der Waals surface area contributed by atoms with Gasteiger partial charge in [0.2, 0.25) is 5.91 Å². The van der Waals surface area contributed by atoms with Crippen LogP contribution in [0, 0.1) is 5.92 Å². The number of carbonyl (C=O) groups excluding carboxylic acids is 1. The number of aromatic nitrogens is 3. The molecule has 0 unspecified atom stereocenters. The summed E-state index contributed by atoms with van der Waals surface area (Å²) in [5.74, 6) is 0.602. The molecular weight excluding hydrogens is 290 g/mol. The Morgan fingerprint density at radius 2 is 2.13 bits per heavy atom. The van der Waals surface area contributed by atoms with Gasteiger partial charge in [-0.1, -0.05) is 0 Å². The van der Waals surface area contributed by atoms with Gasteiger partial charge in [-0.25, -0.2) is 4.98 Å². The van der Waals surface area contributed by atoms with Gasteiger partial charge >= 0.3 is 0 Å². The third kappa shape index (κ3) is 2.95. The fraction of sp³-hybridized carbons (Fsp3) is 0.588. The normalized spacial score (nSPS) is 24.6. The van der Waals surface area contributed by atoms with Gasteiger partial charge in [-0.15, -0.1) is 0 Å².